The molecule has 0 aliphatic heterocycles. The van der Waals surface area contributed by atoms with Gasteiger partial charge in [-0.2, -0.15) is 0 Å². The normalized spacial score (nSPS) is 13.7. The summed E-state index contributed by atoms with van der Waals surface area (Å²) in [5, 5.41) is 18.2. The molecule has 45 heavy (non-hydrogen) atoms. The highest BCUT2D eigenvalue weighted by Gasteiger charge is 2.31. The number of nitrogens with zero attached hydrogens (tertiary/aromatic N) is 2. The van der Waals surface area contributed by atoms with Gasteiger partial charge in [0.05, 0.1) is 12.4 Å². The van der Waals surface area contributed by atoms with Crippen molar-refractivity contribution in [2.75, 3.05) is 6.54 Å². The topological polar surface area (TPSA) is 270 Å². The van der Waals surface area contributed by atoms with E-state index in [1.54, 1.807) is 26.0 Å². The highest BCUT2D eigenvalue weighted by Crippen LogP contribution is 2.22. The van der Waals surface area contributed by atoms with Crippen LogP contribution in [0.25, 0.3) is 0 Å². The Balaban J connectivity index is 2.33. The number of phenols is 1. The first-order valence-electron chi connectivity index (χ1n) is 15.0. The molecule has 0 saturated carbocycles. The molecule has 2 aromatic rings. The van der Waals surface area contributed by atoms with Gasteiger partial charge in [-0.05, 0) is 74.3 Å². The average molecular weight is 629 g/mol. The third kappa shape index (κ3) is 12.5. The lowest BCUT2D eigenvalue weighted by atomic mass is 9.95. The quantitative estimate of drug-likeness (QED) is 0.0571. The number of hydrogen-bond acceptors (Lipinski definition) is 8. The Hall–Kier alpha value is -4.66. The van der Waals surface area contributed by atoms with Crippen molar-refractivity contribution >= 4 is 29.6 Å². The molecule has 15 heteroatoms. The molecular formula is C30H48N10O5. The molecule has 1 unspecified atom stereocenters. The highest BCUT2D eigenvalue weighted by atomic mass is 16.3. The van der Waals surface area contributed by atoms with Gasteiger partial charge in [0.2, 0.25) is 23.6 Å². The number of carbonyl (C=O) groups is 4. The zero-order chi connectivity index (χ0) is 33.7. The van der Waals surface area contributed by atoms with Gasteiger partial charge in [0, 0.05) is 31.3 Å². The summed E-state index contributed by atoms with van der Waals surface area (Å²) in [5.74, 6) is -2.26. The zero-order valence-electron chi connectivity index (χ0n) is 26.4. The lowest BCUT2D eigenvalue weighted by Gasteiger charge is -2.26. The SMILES string of the molecule is Cc1cc(O)cc(C)c1C[C@H](NC(=O)[C@H](N)CCCN=C(N)N)C(=O)NC(Cc1cnc[nH]1)C(=O)N[C@@H](CCC(C)C)C(N)=O. The van der Waals surface area contributed by atoms with Gasteiger partial charge in [-0.1, -0.05) is 13.8 Å². The van der Waals surface area contributed by atoms with Gasteiger partial charge in [0.1, 0.15) is 23.9 Å². The Morgan fingerprint density at radius 3 is 2.00 bits per heavy atom. The van der Waals surface area contributed by atoms with Crippen molar-refractivity contribution in [3.8, 4) is 5.75 Å². The molecule has 0 aliphatic rings. The first kappa shape index (κ1) is 36.5. The third-order valence-corrected chi connectivity index (χ3v) is 7.33. The number of primary amides is 1. The van der Waals surface area contributed by atoms with E-state index in [0.717, 1.165) is 5.56 Å². The van der Waals surface area contributed by atoms with Gasteiger partial charge in [-0.25, -0.2) is 4.98 Å². The molecule has 4 atom stereocenters. The standard InChI is InChI=1S/C30H48N10O5/c1-16(2)7-8-23(26(32)42)38-28(44)24(12-19-14-35-15-37-19)40-29(45)25(13-21-17(3)10-20(41)11-18(21)4)39-27(43)22(31)6-5-9-36-30(33)34/h10-11,14-16,22-25,41H,5-9,12-13,31H2,1-4H3,(H2,32,42)(H,35,37)(H,38,44)(H,39,43)(H,40,45)(H4,33,34,36)/t22-,23+,24?,25+/m1/s1. The van der Waals surface area contributed by atoms with E-state index >= 15 is 0 Å². The molecule has 0 aliphatic carbocycles. The molecule has 4 amide bonds. The van der Waals surface area contributed by atoms with Crippen LogP contribution in [-0.4, -0.2) is 75.4 Å². The summed E-state index contributed by atoms with van der Waals surface area (Å²) in [5.41, 5.74) is 25.1. The van der Waals surface area contributed by atoms with Crippen LogP contribution in [0, 0.1) is 19.8 Å². The summed E-state index contributed by atoms with van der Waals surface area (Å²) in [7, 11) is 0. The highest BCUT2D eigenvalue weighted by molar-refractivity contribution is 5.94. The Morgan fingerprint density at radius 2 is 1.47 bits per heavy atom. The summed E-state index contributed by atoms with van der Waals surface area (Å²) >= 11 is 0. The predicted molar refractivity (Wildman–Crippen MR) is 171 cm³/mol. The van der Waals surface area contributed by atoms with E-state index < -0.39 is 47.8 Å². The Morgan fingerprint density at radius 1 is 0.889 bits per heavy atom. The maximum Gasteiger partial charge on any atom is 0.243 e. The van der Waals surface area contributed by atoms with Gasteiger partial charge in [-0.3, -0.25) is 24.2 Å². The molecule has 1 heterocycles. The maximum atomic E-state index is 13.8. The number of aromatic amines is 1. The first-order valence-corrected chi connectivity index (χ1v) is 15.0. The number of amides is 4. The number of aromatic hydroxyl groups is 1. The van der Waals surface area contributed by atoms with Crippen LogP contribution in [0.15, 0.2) is 29.6 Å². The minimum Gasteiger partial charge on any atom is -0.508 e. The fourth-order valence-corrected chi connectivity index (χ4v) is 4.79. The molecule has 1 aromatic heterocycles. The molecule has 0 fully saturated rings. The number of H-pyrrole nitrogens is 1. The van der Waals surface area contributed by atoms with E-state index in [1.165, 1.54) is 12.5 Å². The number of rotatable bonds is 18. The number of imidazole rings is 1. The van der Waals surface area contributed by atoms with Crippen LogP contribution in [-0.2, 0) is 32.0 Å². The van der Waals surface area contributed by atoms with E-state index in [1.807, 2.05) is 13.8 Å². The lowest BCUT2D eigenvalue weighted by Crippen LogP contribution is -2.58. The van der Waals surface area contributed by atoms with Crippen molar-refractivity contribution in [3.63, 3.8) is 0 Å². The Kier molecular flexibility index (Phi) is 14.3. The molecule has 0 saturated heterocycles. The number of aryl methyl sites for hydroxylation is 2. The molecule has 0 spiro atoms. The van der Waals surface area contributed by atoms with Gasteiger partial charge >= 0.3 is 0 Å². The molecule has 15 nitrogen and oxygen atoms in total. The number of aromatic nitrogens is 2. The number of hydrogen-bond donors (Lipinski definition) is 9. The number of aliphatic imine (C=N–C) groups is 1. The molecule has 13 N–H and O–H groups in total. The monoisotopic (exact) mass is 628 g/mol. The zero-order valence-corrected chi connectivity index (χ0v) is 26.4. The Labute approximate surface area is 263 Å². The summed E-state index contributed by atoms with van der Waals surface area (Å²) in [6, 6.07) is -1.07. The molecule has 2 rings (SSSR count). The van der Waals surface area contributed by atoms with E-state index in [-0.39, 0.29) is 43.4 Å². The molecular weight excluding hydrogens is 580 g/mol. The summed E-state index contributed by atoms with van der Waals surface area (Å²) < 4.78 is 0. The number of benzene rings is 1. The fourth-order valence-electron chi connectivity index (χ4n) is 4.79. The molecule has 0 bridgehead atoms. The number of carbonyl (C=O) groups excluding carboxylic acids is 4. The summed E-state index contributed by atoms with van der Waals surface area (Å²) in [6.45, 7) is 7.83. The van der Waals surface area contributed by atoms with Gasteiger partial charge in [0.25, 0.3) is 0 Å². The van der Waals surface area contributed by atoms with Crippen molar-refractivity contribution in [3.05, 3.63) is 47.0 Å². The maximum absolute atomic E-state index is 13.8. The second kappa shape index (κ2) is 17.6. The second-order valence-electron chi connectivity index (χ2n) is 11.7. The van der Waals surface area contributed by atoms with Gasteiger partial charge in [-0.15, -0.1) is 0 Å². The average Bonchev–Trinajstić information content (AvgIpc) is 3.46. The van der Waals surface area contributed by atoms with Gasteiger partial charge in [0.15, 0.2) is 5.96 Å². The number of phenolic OH excluding ortho intramolecular Hbond substituents is 1. The molecule has 0 radical (unpaired) electrons. The number of nitrogens with two attached hydrogens (primary N) is 4. The molecule has 248 valence electrons. The van der Waals surface area contributed by atoms with E-state index in [0.29, 0.717) is 36.1 Å². The third-order valence-electron chi connectivity index (χ3n) is 7.33. The largest absolute Gasteiger partial charge is 0.508 e. The van der Waals surface area contributed by atoms with Crippen LogP contribution in [0.5, 0.6) is 5.75 Å². The second-order valence-corrected chi connectivity index (χ2v) is 11.7. The van der Waals surface area contributed by atoms with Crippen LogP contribution >= 0.6 is 0 Å². The van der Waals surface area contributed by atoms with Crippen LogP contribution < -0.4 is 38.9 Å². The minimum atomic E-state index is -1.15. The number of nitrogens with one attached hydrogen (secondary N) is 4. The minimum absolute atomic E-state index is 0.0233. The van der Waals surface area contributed by atoms with Crippen LogP contribution in [0.2, 0.25) is 0 Å². The fraction of sp³-hybridized carbons (Fsp3) is 0.533. The number of guanidine groups is 1. The van der Waals surface area contributed by atoms with E-state index in [4.69, 9.17) is 22.9 Å². The van der Waals surface area contributed by atoms with Crippen LogP contribution in [0.1, 0.15) is 61.9 Å². The van der Waals surface area contributed by atoms with Crippen molar-refractivity contribution in [2.24, 2.45) is 33.8 Å². The van der Waals surface area contributed by atoms with Crippen LogP contribution in [0.3, 0.4) is 0 Å². The van der Waals surface area contributed by atoms with E-state index in [2.05, 4.69) is 30.9 Å². The van der Waals surface area contributed by atoms with Crippen molar-refractivity contribution in [1.82, 2.24) is 25.9 Å². The smallest absolute Gasteiger partial charge is 0.243 e. The Bertz CT molecular complexity index is 1300. The predicted octanol–water partition coefficient (Wildman–Crippen LogP) is -0.726. The van der Waals surface area contributed by atoms with Crippen molar-refractivity contribution in [2.45, 2.75) is 90.4 Å². The van der Waals surface area contributed by atoms with E-state index in [9.17, 15) is 24.3 Å². The summed E-state index contributed by atoms with van der Waals surface area (Å²) in [6.07, 6.45) is 4.70. The van der Waals surface area contributed by atoms with Crippen molar-refractivity contribution < 1.29 is 24.3 Å². The first-order chi connectivity index (χ1) is 21.2. The van der Waals surface area contributed by atoms with Crippen molar-refractivity contribution in [1.29, 1.82) is 0 Å². The van der Waals surface area contributed by atoms with Gasteiger partial charge < -0.3 is 49.0 Å². The molecule has 1 aromatic carbocycles. The summed E-state index contributed by atoms with van der Waals surface area (Å²) in [4.78, 5) is 63.4. The van der Waals surface area contributed by atoms with Crippen LogP contribution in [0.4, 0.5) is 0 Å². The lowest BCUT2D eigenvalue weighted by molar-refractivity contribution is -0.133.